The summed E-state index contributed by atoms with van der Waals surface area (Å²) in [6, 6.07) is 10.6. The molecule has 1 aromatic carbocycles. The molecule has 2 heterocycles. The number of amides is 1. The van der Waals surface area contributed by atoms with Gasteiger partial charge in [0, 0.05) is 24.7 Å². The van der Waals surface area contributed by atoms with Crippen LogP contribution in [0.15, 0.2) is 36.4 Å². The largest absolute Gasteiger partial charge is 0.433 e. The van der Waals surface area contributed by atoms with E-state index in [0.717, 1.165) is 18.1 Å². The summed E-state index contributed by atoms with van der Waals surface area (Å²) in [7, 11) is 0. The van der Waals surface area contributed by atoms with E-state index in [1.165, 1.54) is 6.92 Å². The van der Waals surface area contributed by atoms with Gasteiger partial charge in [0.15, 0.2) is 0 Å². The molecule has 1 amide bonds. The molecule has 3 rings (SSSR count). The van der Waals surface area contributed by atoms with Crippen molar-refractivity contribution in [2.45, 2.75) is 44.4 Å². The fourth-order valence-electron chi connectivity index (χ4n) is 3.21. The lowest BCUT2D eigenvalue weighted by atomic mass is 10.1. The van der Waals surface area contributed by atoms with Crippen LogP contribution in [-0.2, 0) is 17.4 Å². The Morgan fingerprint density at radius 1 is 1.21 bits per heavy atom. The zero-order chi connectivity index (χ0) is 19.4. The first-order valence-corrected chi connectivity index (χ1v) is 8.83. The first-order valence-electron chi connectivity index (χ1n) is 8.83. The number of aryl methyl sites for hydroxylation is 1. The lowest BCUT2D eigenvalue weighted by Gasteiger charge is -2.15. The van der Waals surface area contributed by atoms with Crippen molar-refractivity contribution in [3.63, 3.8) is 0 Å². The van der Waals surface area contributed by atoms with Crippen LogP contribution >= 0.6 is 12.4 Å². The van der Waals surface area contributed by atoms with Crippen LogP contribution < -0.4 is 10.6 Å². The van der Waals surface area contributed by atoms with Gasteiger partial charge >= 0.3 is 6.18 Å². The van der Waals surface area contributed by atoms with E-state index in [1.807, 2.05) is 30.3 Å². The summed E-state index contributed by atoms with van der Waals surface area (Å²) in [4.78, 5) is 19.9. The van der Waals surface area contributed by atoms with Crippen LogP contribution in [0.5, 0.6) is 0 Å². The number of halogens is 4. The van der Waals surface area contributed by atoms with E-state index in [1.54, 1.807) is 0 Å². The maximum absolute atomic E-state index is 12.8. The number of rotatable bonds is 5. The molecule has 1 aliphatic rings. The molecular weight excluding hydrogens is 393 g/mol. The first kappa shape index (κ1) is 22.1. The van der Waals surface area contributed by atoms with Gasteiger partial charge in [-0.25, -0.2) is 9.97 Å². The Labute approximate surface area is 167 Å². The summed E-state index contributed by atoms with van der Waals surface area (Å²) in [5.74, 6) is -0.0821. The average Bonchev–Trinajstić information content (AvgIpc) is 3.11. The Kier molecular flexibility index (Phi) is 7.37. The summed E-state index contributed by atoms with van der Waals surface area (Å²) in [6.45, 7) is 1.68. The SMILES string of the molecule is Cc1cc(C(F)(F)F)nc(CCNC(=O)[C@H]2CC[C@H](c3ccccc3)N2)n1.Cl. The number of carbonyl (C=O) groups excluding carboxylic acids is 1. The minimum atomic E-state index is -4.51. The van der Waals surface area contributed by atoms with Gasteiger partial charge in [0.05, 0.1) is 6.04 Å². The monoisotopic (exact) mass is 414 g/mol. The maximum Gasteiger partial charge on any atom is 0.433 e. The average molecular weight is 415 g/mol. The maximum atomic E-state index is 12.8. The second-order valence-corrected chi connectivity index (χ2v) is 6.61. The van der Waals surface area contributed by atoms with Crippen molar-refractivity contribution < 1.29 is 18.0 Å². The molecule has 2 aromatic rings. The summed E-state index contributed by atoms with van der Waals surface area (Å²) >= 11 is 0. The number of nitrogens with one attached hydrogen (secondary N) is 2. The van der Waals surface area contributed by atoms with Gasteiger partial charge in [0.1, 0.15) is 11.5 Å². The van der Waals surface area contributed by atoms with E-state index in [9.17, 15) is 18.0 Å². The lowest BCUT2D eigenvalue weighted by Crippen LogP contribution is -2.41. The quantitative estimate of drug-likeness (QED) is 0.787. The van der Waals surface area contributed by atoms with Crippen molar-refractivity contribution >= 4 is 18.3 Å². The van der Waals surface area contributed by atoms with E-state index in [-0.39, 0.29) is 54.9 Å². The van der Waals surface area contributed by atoms with Gasteiger partial charge in [-0.15, -0.1) is 12.4 Å². The predicted molar refractivity (Wildman–Crippen MR) is 101 cm³/mol. The summed E-state index contributed by atoms with van der Waals surface area (Å²) < 4.78 is 38.4. The van der Waals surface area contributed by atoms with E-state index in [0.29, 0.717) is 6.42 Å². The van der Waals surface area contributed by atoms with Crippen molar-refractivity contribution in [3.05, 3.63) is 59.2 Å². The van der Waals surface area contributed by atoms with Crippen molar-refractivity contribution in [2.75, 3.05) is 6.54 Å². The molecule has 28 heavy (non-hydrogen) atoms. The van der Waals surface area contributed by atoms with Crippen molar-refractivity contribution in [1.82, 2.24) is 20.6 Å². The highest BCUT2D eigenvalue weighted by Crippen LogP contribution is 2.28. The zero-order valence-electron chi connectivity index (χ0n) is 15.3. The van der Waals surface area contributed by atoms with Gasteiger partial charge in [-0.05, 0) is 31.4 Å². The highest BCUT2D eigenvalue weighted by molar-refractivity contribution is 5.85. The molecule has 152 valence electrons. The molecule has 1 aliphatic heterocycles. The lowest BCUT2D eigenvalue weighted by molar-refractivity contribution is -0.141. The molecule has 0 spiro atoms. The number of hydrogen-bond acceptors (Lipinski definition) is 4. The van der Waals surface area contributed by atoms with E-state index < -0.39 is 11.9 Å². The minimum Gasteiger partial charge on any atom is -0.354 e. The number of benzene rings is 1. The molecule has 0 saturated carbocycles. The van der Waals surface area contributed by atoms with Crippen LogP contribution in [0.2, 0.25) is 0 Å². The second kappa shape index (κ2) is 9.34. The summed E-state index contributed by atoms with van der Waals surface area (Å²) in [5.41, 5.74) is 0.432. The second-order valence-electron chi connectivity index (χ2n) is 6.61. The highest BCUT2D eigenvalue weighted by Gasteiger charge is 2.33. The third-order valence-corrected chi connectivity index (χ3v) is 4.50. The molecule has 2 atom stereocenters. The fraction of sp³-hybridized carbons (Fsp3) is 0.421. The Balaban J connectivity index is 0.00000280. The number of hydrogen-bond donors (Lipinski definition) is 2. The molecule has 1 fully saturated rings. The fourth-order valence-corrected chi connectivity index (χ4v) is 3.21. The first-order chi connectivity index (χ1) is 12.8. The van der Waals surface area contributed by atoms with Crippen LogP contribution in [0.1, 0.15) is 41.7 Å². The molecule has 2 N–H and O–H groups in total. The number of nitrogens with zero attached hydrogens (tertiary/aromatic N) is 2. The third-order valence-electron chi connectivity index (χ3n) is 4.50. The Morgan fingerprint density at radius 3 is 2.61 bits per heavy atom. The normalized spacial score (nSPS) is 19.1. The molecule has 5 nitrogen and oxygen atoms in total. The summed E-state index contributed by atoms with van der Waals surface area (Å²) in [5, 5.41) is 6.06. The topological polar surface area (TPSA) is 66.9 Å². The van der Waals surface area contributed by atoms with Crippen molar-refractivity contribution in [2.24, 2.45) is 0 Å². The predicted octanol–water partition coefficient (Wildman–Crippen LogP) is 3.38. The molecule has 1 aromatic heterocycles. The van der Waals surface area contributed by atoms with Gasteiger partial charge in [0.2, 0.25) is 5.91 Å². The smallest absolute Gasteiger partial charge is 0.354 e. The summed E-state index contributed by atoms with van der Waals surface area (Å²) in [6.07, 6.45) is -2.79. The Morgan fingerprint density at radius 2 is 1.93 bits per heavy atom. The third kappa shape index (κ3) is 5.65. The highest BCUT2D eigenvalue weighted by atomic mass is 35.5. The van der Waals surface area contributed by atoms with Gasteiger partial charge < -0.3 is 5.32 Å². The van der Waals surface area contributed by atoms with Gasteiger partial charge in [-0.3, -0.25) is 10.1 Å². The van der Waals surface area contributed by atoms with Crippen LogP contribution in [0.3, 0.4) is 0 Å². The van der Waals surface area contributed by atoms with Crippen LogP contribution in [0.4, 0.5) is 13.2 Å². The molecule has 0 unspecified atom stereocenters. The Bertz CT molecular complexity index is 802. The molecule has 0 radical (unpaired) electrons. The minimum absolute atomic E-state index is 0. The number of alkyl halides is 3. The number of aromatic nitrogens is 2. The molecule has 9 heteroatoms. The molecule has 0 bridgehead atoms. The standard InChI is InChI=1S/C19H21F3N4O.ClH/c1-12-11-16(19(20,21)22)26-17(24-12)9-10-23-18(27)15-8-7-14(25-15)13-5-3-2-4-6-13;/h2-6,11,14-15,25H,7-10H2,1H3,(H,23,27);1H/t14-,15-;/m1./s1. The number of carbonyl (C=O) groups is 1. The molecule has 1 saturated heterocycles. The van der Waals surface area contributed by atoms with Crippen molar-refractivity contribution in [3.8, 4) is 0 Å². The van der Waals surface area contributed by atoms with Crippen molar-refractivity contribution in [1.29, 1.82) is 0 Å². The van der Waals surface area contributed by atoms with Crippen LogP contribution in [-0.4, -0.2) is 28.5 Å². The Hall–Kier alpha value is -2.19. The van der Waals surface area contributed by atoms with Crippen LogP contribution in [0.25, 0.3) is 0 Å². The van der Waals surface area contributed by atoms with Gasteiger partial charge in [-0.1, -0.05) is 30.3 Å². The molecule has 0 aliphatic carbocycles. The van der Waals surface area contributed by atoms with Gasteiger partial charge in [0.25, 0.3) is 0 Å². The molecular formula is C19H22ClF3N4O. The van der Waals surface area contributed by atoms with Gasteiger partial charge in [-0.2, -0.15) is 13.2 Å². The van der Waals surface area contributed by atoms with E-state index in [4.69, 9.17) is 0 Å². The van der Waals surface area contributed by atoms with Crippen LogP contribution in [0, 0.1) is 6.92 Å². The zero-order valence-corrected chi connectivity index (χ0v) is 16.1. The van der Waals surface area contributed by atoms with E-state index in [2.05, 4.69) is 20.6 Å². The van der Waals surface area contributed by atoms with E-state index >= 15 is 0 Å².